The number of aromatic nitrogens is 3. The zero-order valence-corrected chi connectivity index (χ0v) is 21.0. The van der Waals surface area contributed by atoms with E-state index in [1.54, 1.807) is 35.6 Å². The van der Waals surface area contributed by atoms with E-state index in [4.69, 9.17) is 9.73 Å². The Morgan fingerprint density at radius 2 is 1.91 bits per heavy atom. The van der Waals surface area contributed by atoms with Gasteiger partial charge in [-0.15, -0.1) is 21.5 Å². The van der Waals surface area contributed by atoms with Gasteiger partial charge in [-0.3, -0.25) is 19.1 Å². The van der Waals surface area contributed by atoms with E-state index in [2.05, 4.69) is 29.0 Å². The summed E-state index contributed by atoms with van der Waals surface area (Å²) in [6.07, 6.45) is 0.504. The number of rotatable bonds is 6. The molecule has 0 saturated heterocycles. The van der Waals surface area contributed by atoms with Gasteiger partial charge >= 0.3 is 5.97 Å². The minimum absolute atomic E-state index is 0.365. The Balaban J connectivity index is 1.92. The van der Waals surface area contributed by atoms with Gasteiger partial charge in [0.15, 0.2) is 11.7 Å². The molecule has 1 amide bonds. The number of nitrogens with one attached hydrogen (secondary N) is 1. The van der Waals surface area contributed by atoms with Crippen molar-refractivity contribution >= 4 is 34.6 Å². The summed E-state index contributed by atoms with van der Waals surface area (Å²) in [5, 5.41) is 12.1. The molecule has 0 bridgehead atoms. The first-order chi connectivity index (χ1) is 16.7. The van der Waals surface area contributed by atoms with Crippen molar-refractivity contribution in [1.82, 2.24) is 14.8 Å². The average molecular weight is 496 g/mol. The smallest absolute Gasteiger partial charge is 0.311 e. The SMILES string of the molecule is C=C(F)C(=O)Nc1ccc(C2=NC([C@@H](CC)C(=O)OC)c3nnc(C)n3-c3sc(C)c(C)c32)cc1. The van der Waals surface area contributed by atoms with Gasteiger partial charge in [-0.1, -0.05) is 25.6 Å². The van der Waals surface area contributed by atoms with Crippen LogP contribution in [0.5, 0.6) is 0 Å². The second-order valence-corrected chi connectivity index (χ2v) is 9.50. The number of thiophene rings is 1. The highest BCUT2D eigenvalue weighted by molar-refractivity contribution is 7.15. The van der Waals surface area contributed by atoms with Gasteiger partial charge in [-0.25, -0.2) is 4.39 Å². The molecule has 1 unspecified atom stereocenters. The van der Waals surface area contributed by atoms with E-state index in [0.717, 1.165) is 26.6 Å². The number of nitrogens with zero attached hydrogens (tertiary/aromatic N) is 4. The predicted octanol–water partition coefficient (Wildman–Crippen LogP) is 4.77. The predicted molar refractivity (Wildman–Crippen MR) is 133 cm³/mol. The van der Waals surface area contributed by atoms with E-state index in [1.165, 1.54) is 7.11 Å². The van der Waals surface area contributed by atoms with E-state index in [-0.39, 0.29) is 5.97 Å². The lowest BCUT2D eigenvalue weighted by Crippen LogP contribution is -2.24. The van der Waals surface area contributed by atoms with E-state index in [9.17, 15) is 14.0 Å². The van der Waals surface area contributed by atoms with Crippen LogP contribution in [0.1, 0.15) is 52.6 Å². The zero-order valence-electron chi connectivity index (χ0n) is 20.2. The zero-order chi connectivity index (χ0) is 25.4. The standard InChI is InChI=1S/C25H26FN5O3S/c1-7-18(25(33)34-6)21-22-30-29-15(5)31(22)24-19(12(2)14(4)35-24)20(28-21)16-8-10-17(11-9-16)27-23(32)13(3)26/h8-11,18,21H,3,7H2,1-2,4-6H3,(H,27,32)/t18-,21?/m1/s1. The minimum Gasteiger partial charge on any atom is -0.469 e. The first-order valence-corrected chi connectivity index (χ1v) is 11.9. The number of esters is 1. The fraction of sp³-hybridized carbons (Fsp3) is 0.320. The van der Waals surface area contributed by atoms with Crippen molar-refractivity contribution in [2.45, 2.75) is 40.2 Å². The monoisotopic (exact) mass is 495 g/mol. The lowest BCUT2D eigenvalue weighted by atomic mass is 9.95. The topological polar surface area (TPSA) is 98.5 Å². The first kappa shape index (κ1) is 24.5. The van der Waals surface area contributed by atoms with Crippen LogP contribution in [0.3, 0.4) is 0 Å². The molecule has 1 N–H and O–H groups in total. The van der Waals surface area contributed by atoms with Gasteiger partial charge in [0.25, 0.3) is 5.91 Å². The lowest BCUT2D eigenvalue weighted by molar-refractivity contribution is -0.146. The minimum atomic E-state index is -1.06. The number of methoxy groups -OCH3 is 1. The van der Waals surface area contributed by atoms with Gasteiger partial charge in [-0.05, 0) is 44.9 Å². The quantitative estimate of drug-likeness (QED) is 0.392. The fourth-order valence-electron chi connectivity index (χ4n) is 4.20. The van der Waals surface area contributed by atoms with Gasteiger partial charge in [-0.2, -0.15) is 0 Å². The molecule has 0 radical (unpaired) electrons. The van der Waals surface area contributed by atoms with Crippen molar-refractivity contribution in [2.75, 3.05) is 12.4 Å². The molecule has 0 saturated carbocycles. The molecule has 3 heterocycles. The molecule has 10 heteroatoms. The van der Waals surface area contributed by atoms with Crippen LogP contribution in [0.2, 0.25) is 0 Å². The molecule has 1 aliphatic heterocycles. The van der Waals surface area contributed by atoms with Crippen molar-refractivity contribution in [3.8, 4) is 5.00 Å². The molecule has 8 nitrogen and oxygen atoms in total. The largest absolute Gasteiger partial charge is 0.469 e. The third kappa shape index (κ3) is 4.29. The fourth-order valence-corrected chi connectivity index (χ4v) is 5.41. The van der Waals surface area contributed by atoms with Crippen LogP contribution in [0.25, 0.3) is 5.00 Å². The number of aryl methyl sites for hydroxylation is 2. The Labute approximate surface area is 206 Å². The van der Waals surface area contributed by atoms with Crippen LogP contribution in [-0.2, 0) is 14.3 Å². The van der Waals surface area contributed by atoms with E-state index in [0.29, 0.717) is 29.5 Å². The number of carbonyl (C=O) groups is 2. The Kier molecular flexibility index (Phi) is 6.66. The van der Waals surface area contributed by atoms with Gasteiger partial charge < -0.3 is 10.1 Å². The molecule has 0 aliphatic carbocycles. The molecule has 2 aromatic heterocycles. The van der Waals surface area contributed by atoms with Crippen LogP contribution < -0.4 is 5.32 Å². The van der Waals surface area contributed by atoms with Crippen LogP contribution >= 0.6 is 11.3 Å². The third-order valence-corrected chi connectivity index (χ3v) is 7.37. The Bertz CT molecular complexity index is 1360. The lowest BCUT2D eigenvalue weighted by Gasteiger charge is -2.20. The number of carbonyl (C=O) groups excluding carboxylic acids is 2. The molecule has 2 atom stereocenters. The van der Waals surface area contributed by atoms with Crippen molar-refractivity contribution in [1.29, 1.82) is 0 Å². The molecular weight excluding hydrogens is 469 g/mol. The summed E-state index contributed by atoms with van der Waals surface area (Å²) in [4.78, 5) is 30.6. The first-order valence-electron chi connectivity index (χ1n) is 11.1. The second kappa shape index (κ2) is 9.53. The van der Waals surface area contributed by atoms with Crippen molar-refractivity contribution in [2.24, 2.45) is 10.9 Å². The summed E-state index contributed by atoms with van der Waals surface area (Å²) in [7, 11) is 1.37. The van der Waals surface area contributed by atoms with E-state index >= 15 is 0 Å². The maximum absolute atomic E-state index is 13.1. The number of amides is 1. The number of ether oxygens (including phenoxy) is 1. The Morgan fingerprint density at radius 1 is 1.23 bits per heavy atom. The average Bonchev–Trinajstić information content (AvgIpc) is 3.31. The number of aliphatic imine (C=N–C) groups is 1. The molecule has 0 spiro atoms. The van der Waals surface area contributed by atoms with Crippen LogP contribution in [0.15, 0.2) is 41.7 Å². The number of benzene rings is 1. The number of fused-ring (bicyclic) bond motifs is 3. The molecule has 4 rings (SSSR count). The summed E-state index contributed by atoms with van der Waals surface area (Å²) >= 11 is 1.62. The number of hydrogen-bond acceptors (Lipinski definition) is 7. The summed E-state index contributed by atoms with van der Waals surface area (Å²) in [5.74, 6) is -1.59. The maximum atomic E-state index is 13.1. The highest BCUT2D eigenvalue weighted by Crippen LogP contribution is 2.41. The van der Waals surface area contributed by atoms with Crippen LogP contribution in [0.4, 0.5) is 10.1 Å². The second-order valence-electron chi connectivity index (χ2n) is 8.30. The van der Waals surface area contributed by atoms with Gasteiger partial charge in [0.05, 0.1) is 18.7 Å². The van der Waals surface area contributed by atoms with Gasteiger partial charge in [0.2, 0.25) is 0 Å². The Hall–Kier alpha value is -3.66. The highest BCUT2D eigenvalue weighted by Gasteiger charge is 2.38. The van der Waals surface area contributed by atoms with E-state index < -0.39 is 23.7 Å². The summed E-state index contributed by atoms with van der Waals surface area (Å²) in [5.41, 5.74) is 3.92. The molecule has 1 aliphatic rings. The highest BCUT2D eigenvalue weighted by atomic mass is 32.1. The number of halogens is 1. The van der Waals surface area contributed by atoms with Gasteiger partial charge in [0.1, 0.15) is 16.9 Å². The molecule has 0 fully saturated rings. The van der Waals surface area contributed by atoms with Crippen molar-refractivity contribution in [3.63, 3.8) is 0 Å². The molecule has 35 heavy (non-hydrogen) atoms. The summed E-state index contributed by atoms with van der Waals surface area (Å²) < 4.78 is 20.2. The maximum Gasteiger partial charge on any atom is 0.311 e. The van der Waals surface area contributed by atoms with Crippen molar-refractivity contribution < 1.29 is 18.7 Å². The van der Waals surface area contributed by atoms with Crippen LogP contribution in [0, 0.1) is 26.7 Å². The van der Waals surface area contributed by atoms with Gasteiger partial charge in [0, 0.05) is 21.7 Å². The third-order valence-electron chi connectivity index (χ3n) is 6.18. The number of anilines is 1. The van der Waals surface area contributed by atoms with E-state index in [1.807, 2.05) is 25.3 Å². The molecule has 182 valence electrons. The molecule has 1 aromatic carbocycles. The van der Waals surface area contributed by atoms with Crippen molar-refractivity contribution in [3.05, 3.63) is 69.9 Å². The van der Waals surface area contributed by atoms with Crippen LogP contribution in [-0.4, -0.2) is 39.5 Å². The Morgan fingerprint density at radius 3 is 2.51 bits per heavy atom. The normalized spacial score (nSPS) is 15.4. The molecular formula is C25H26FN5O3S. The number of hydrogen-bond donors (Lipinski definition) is 1. The summed E-state index contributed by atoms with van der Waals surface area (Å²) in [6, 6.07) is 6.35. The summed E-state index contributed by atoms with van der Waals surface area (Å²) in [6.45, 7) is 10.9. The molecule has 3 aromatic rings.